The van der Waals surface area contributed by atoms with Gasteiger partial charge in [-0.3, -0.25) is 4.79 Å². The van der Waals surface area contributed by atoms with E-state index in [1.807, 2.05) is 16.8 Å². The van der Waals surface area contributed by atoms with Gasteiger partial charge in [-0.1, -0.05) is 5.16 Å². The van der Waals surface area contributed by atoms with E-state index in [-0.39, 0.29) is 17.6 Å². The van der Waals surface area contributed by atoms with Crippen LogP contribution in [0, 0.1) is 5.82 Å². The Labute approximate surface area is 141 Å². The van der Waals surface area contributed by atoms with Crippen LogP contribution in [0.15, 0.2) is 45.6 Å². The van der Waals surface area contributed by atoms with Gasteiger partial charge in [0.1, 0.15) is 5.82 Å². The molecule has 0 spiro atoms. The lowest BCUT2D eigenvalue weighted by Crippen LogP contribution is -2.28. The summed E-state index contributed by atoms with van der Waals surface area (Å²) in [6.45, 7) is 1.17. The number of benzene rings is 1. The lowest BCUT2D eigenvalue weighted by Gasteiger charge is -2.15. The Balaban J connectivity index is 1.46. The van der Waals surface area contributed by atoms with Crippen molar-refractivity contribution in [3.05, 3.63) is 58.3 Å². The molecule has 1 aliphatic heterocycles. The van der Waals surface area contributed by atoms with Crippen molar-refractivity contribution in [2.45, 2.75) is 12.3 Å². The first-order chi connectivity index (χ1) is 11.7. The molecule has 1 aliphatic rings. The fourth-order valence-corrected chi connectivity index (χ4v) is 3.46. The zero-order valence-electron chi connectivity index (χ0n) is 12.7. The van der Waals surface area contributed by atoms with E-state index in [9.17, 15) is 9.18 Å². The zero-order valence-corrected chi connectivity index (χ0v) is 13.5. The molecular formula is C17H14FN3O2S. The Morgan fingerprint density at radius 3 is 2.88 bits per heavy atom. The minimum absolute atomic E-state index is 0.0607. The van der Waals surface area contributed by atoms with Gasteiger partial charge in [0.25, 0.3) is 11.8 Å². The SMILES string of the molecule is O=C(c1ccc(F)cc1)N1CC[C@@H](c2noc(-c3ccsc3)n2)C1. The molecular weight excluding hydrogens is 329 g/mol. The number of hydrogen-bond donors (Lipinski definition) is 0. The summed E-state index contributed by atoms with van der Waals surface area (Å²) in [7, 11) is 0. The van der Waals surface area contributed by atoms with Crippen LogP contribution in [0.1, 0.15) is 28.5 Å². The van der Waals surface area contributed by atoms with E-state index in [0.29, 0.717) is 30.4 Å². The highest BCUT2D eigenvalue weighted by atomic mass is 32.1. The second kappa shape index (κ2) is 6.16. The second-order valence-electron chi connectivity index (χ2n) is 5.71. The van der Waals surface area contributed by atoms with E-state index in [4.69, 9.17) is 4.52 Å². The Hall–Kier alpha value is -2.54. The Morgan fingerprint density at radius 1 is 1.29 bits per heavy atom. The molecule has 1 atom stereocenters. The first kappa shape index (κ1) is 15.0. The maximum atomic E-state index is 13.0. The van der Waals surface area contributed by atoms with E-state index in [1.165, 1.54) is 24.3 Å². The molecule has 3 aromatic rings. The van der Waals surface area contributed by atoms with Crippen molar-refractivity contribution in [1.82, 2.24) is 15.0 Å². The van der Waals surface area contributed by atoms with E-state index >= 15 is 0 Å². The number of aromatic nitrogens is 2. The molecule has 0 saturated carbocycles. The highest BCUT2D eigenvalue weighted by molar-refractivity contribution is 7.08. The molecule has 0 bridgehead atoms. The fraction of sp³-hybridized carbons (Fsp3) is 0.235. The van der Waals surface area contributed by atoms with Crippen LogP contribution in [0.3, 0.4) is 0 Å². The quantitative estimate of drug-likeness (QED) is 0.729. The summed E-state index contributed by atoms with van der Waals surface area (Å²) in [6, 6.07) is 7.54. The third-order valence-corrected chi connectivity index (χ3v) is 4.82. The van der Waals surface area contributed by atoms with E-state index in [0.717, 1.165) is 12.0 Å². The molecule has 7 heteroatoms. The molecule has 1 amide bonds. The van der Waals surface area contributed by atoms with Crippen LogP contribution in [0.2, 0.25) is 0 Å². The van der Waals surface area contributed by atoms with Crippen molar-refractivity contribution in [2.75, 3.05) is 13.1 Å². The number of halogens is 1. The molecule has 0 unspecified atom stereocenters. The molecule has 24 heavy (non-hydrogen) atoms. The summed E-state index contributed by atoms with van der Waals surface area (Å²) in [5, 5.41) is 7.97. The third-order valence-electron chi connectivity index (χ3n) is 4.14. The monoisotopic (exact) mass is 343 g/mol. The molecule has 122 valence electrons. The largest absolute Gasteiger partial charge is 0.338 e. The highest BCUT2D eigenvalue weighted by Crippen LogP contribution is 2.28. The van der Waals surface area contributed by atoms with Crippen molar-refractivity contribution >= 4 is 17.2 Å². The van der Waals surface area contributed by atoms with Crippen LogP contribution < -0.4 is 0 Å². The number of hydrogen-bond acceptors (Lipinski definition) is 5. The topological polar surface area (TPSA) is 59.2 Å². The summed E-state index contributed by atoms with van der Waals surface area (Å²) >= 11 is 1.57. The van der Waals surface area contributed by atoms with E-state index in [2.05, 4.69) is 10.1 Å². The second-order valence-corrected chi connectivity index (χ2v) is 6.49. The van der Waals surface area contributed by atoms with Gasteiger partial charge in [0.15, 0.2) is 5.82 Å². The van der Waals surface area contributed by atoms with Crippen LogP contribution in [0.4, 0.5) is 4.39 Å². The molecule has 5 nitrogen and oxygen atoms in total. The lowest BCUT2D eigenvalue weighted by atomic mass is 10.1. The van der Waals surface area contributed by atoms with E-state index < -0.39 is 0 Å². The predicted molar refractivity (Wildman–Crippen MR) is 87.3 cm³/mol. The summed E-state index contributed by atoms with van der Waals surface area (Å²) in [4.78, 5) is 18.7. The highest BCUT2D eigenvalue weighted by Gasteiger charge is 2.31. The normalized spacial score (nSPS) is 17.4. The fourth-order valence-electron chi connectivity index (χ4n) is 2.83. The van der Waals surface area contributed by atoms with E-state index in [1.54, 1.807) is 16.2 Å². The minimum atomic E-state index is -0.349. The summed E-state index contributed by atoms with van der Waals surface area (Å²) in [5.41, 5.74) is 1.40. The Kier molecular flexibility index (Phi) is 3.86. The van der Waals surface area contributed by atoms with Gasteiger partial charge < -0.3 is 9.42 Å². The zero-order chi connectivity index (χ0) is 16.5. The number of rotatable bonds is 3. The smallest absolute Gasteiger partial charge is 0.258 e. The maximum absolute atomic E-state index is 13.0. The number of likely N-dealkylation sites (tertiary alicyclic amines) is 1. The maximum Gasteiger partial charge on any atom is 0.258 e. The lowest BCUT2D eigenvalue weighted by molar-refractivity contribution is 0.0790. The molecule has 0 N–H and O–H groups in total. The standard InChI is InChI=1S/C17H14FN3O2S/c18-14-3-1-11(2-4-14)17(22)21-7-5-12(9-21)15-19-16(23-20-15)13-6-8-24-10-13/h1-4,6,8,10,12H,5,7,9H2/t12-/m1/s1. The van der Waals surface area contributed by atoms with Crippen LogP contribution >= 0.6 is 11.3 Å². The average Bonchev–Trinajstić information content (AvgIpc) is 3.33. The number of amides is 1. The van der Waals surface area contributed by atoms with Gasteiger partial charge in [-0.05, 0) is 42.1 Å². The van der Waals surface area contributed by atoms with Gasteiger partial charge in [-0.25, -0.2) is 4.39 Å². The summed E-state index contributed by atoms with van der Waals surface area (Å²) < 4.78 is 18.3. The van der Waals surface area contributed by atoms with Crippen molar-refractivity contribution in [2.24, 2.45) is 0 Å². The average molecular weight is 343 g/mol. The van der Waals surface area contributed by atoms with Crippen LogP contribution in [-0.4, -0.2) is 34.0 Å². The van der Waals surface area contributed by atoms with Gasteiger partial charge in [0.2, 0.25) is 0 Å². The molecule has 1 saturated heterocycles. The van der Waals surface area contributed by atoms with Gasteiger partial charge in [-0.2, -0.15) is 16.3 Å². The minimum Gasteiger partial charge on any atom is -0.338 e. The summed E-state index contributed by atoms with van der Waals surface area (Å²) in [6.07, 6.45) is 0.787. The van der Waals surface area contributed by atoms with Crippen molar-refractivity contribution in [3.8, 4) is 11.5 Å². The number of thiophene rings is 1. The van der Waals surface area contributed by atoms with Gasteiger partial charge in [-0.15, -0.1) is 0 Å². The molecule has 4 rings (SSSR count). The van der Waals surface area contributed by atoms with Crippen molar-refractivity contribution < 1.29 is 13.7 Å². The first-order valence-corrected chi connectivity index (χ1v) is 8.56. The van der Waals surface area contributed by atoms with Crippen molar-refractivity contribution in [3.63, 3.8) is 0 Å². The molecule has 3 heterocycles. The van der Waals surface area contributed by atoms with Gasteiger partial charge in [0.05, 0.1) is 5.56 Å². The van der Waals surface area contributed by atoms with Crippen molar-refractivity contribution in [1.29, 1.82) is 0 Å². The molecule has 2 aromatic heterocycles. The third kappa shape index (κ3) is 2.82. The predicted octanol–water partition coefficient (Wildman–Crippen LogP) is 3.57. The first-order valence-electron chi connectivity index (χ1n) is 7.62. The Morgan fingerprint density at radius 2 is 2.12 bits per heavy atom. The summed E-state index contributed by atoms with van der Waals surface area (Å²) in [5.74, 6) is 0.753. The molecule has 1 fully saturated rings. The molecule has 0 radical (unpaired) electrons. The number of carbonyl (C=O) groups is 1. The van der Waals surface area contributed by atoms with Crippen LogP contribution in [-0.2, 0) is 0 Å². The van der Waals surface area contributed by atoms with Gasteiger partial charge in [0, 0.05) is 30.0 Å². The van der Waals surface area contributed by atoms with Crippen LogP contribution in [0.5, 0.6) is 0 Å². The number of carbonyl (C=O) groups excluding carboxylic acids is 1. The molecule has 1 aromatic carbocycles. The Bertz CT molecular complexity index is 845. The van der Waals surface area contributed by atoms with Crippen LogP contribution in [0.25, 0.3) is 11.5 Å². The molecule has 0 aliphatic carbocycles. The van der Waals surface area contributed by atoms with Gasteiger partial charge >= 0.3 is 0 Å². The number of nitrogens with zero attached hydrogens (tertiary/aromatic N) is 3.